The molecule has 0 aliphatic heterocycles. The Balaban J connectivity index is 1.67. The molecule has 3 heterocycles. The molecule has 0 fully saturated rings. The molecule has 0 saturated carbocycles. The number of anilines is 2. The Morgan fingerprint density at radius 1 is 1.03 bits per heavy atom. The smallest absolute Gasteiger partial charge is 0.269 e. The number of methoxy groups -OCH3 is 1. The lowest BCUT2D eigenvalue weighted by molar-refractivity contribution is 0.103. The molecule has 5 rings (SSSR count). The zero-order valence-corrected chi connectivity index (χ0v) is 19.6. The quantitative estimate of drug-likeness (QED) is 0.316. The number of thiophene rings is 1. The molecule has 0 atom stereocenters. The summed E-state index contributed by atoms with van der Waals surface area (Å²) in [5.74, 6) is 0.483. The Morgan fingerprint density at radius 3 is 2.45 bits per heavy atom. The molecule has 3 aromatic heterocycles. The number of rotatable bonds is 5. The molecule has 0 aliphatic rings. The van der Waals surface area contributed by atoms with Crippen molar-refractivity contribution in [3.8, 4) is 28.1 Å². The van der Waals surface area contributed by atoms with E-state index in [1.165, 1.54) is 22.7 Å². The summed E-state index contributed by atoms with van der Waals surface area (Å²) in [5, 5.41) is 6.06. The van der Waals surface area contributed by atoms with Gasteiger partial charge in [0.05, 0.1) is 24.2 Å². The van der Waals surface area contributed by atoms with Gasteiger partial charge >= 0.3 is 0 Å². The fourth-order valence-corrected chi connectivity index (χ4v) is 5.31. The average molecular weight is 473 g/mol. The van der Waals surface area contributed by atoms with E-state index in [0.717, 1.165) is 39.2 Å². The van der Waals surface area contributed by atoms with Gasteiger partial charge in [-0.15, -0.1) is 22.7 Å². The largest absolute Gasteiger partial charge is 0.497 e. The van der Waals surface area contributed by atoms with Crippen LogP contribution < -0.4 is 15.8 Å². The van der Waals surface area contributed by atoms with Crippen molar-refractivity contribution >= 4 is 49.6 Å². The number of aromatic nitrogens is 2. The average Bonchev–Trinajstić information content (AvgIpc) is 3.41. The number of aryl methyl sites for hydroxylation is 1. The molecule has 3 N–H and O–H groups in total. The van der Waals surface area contributed by atoms with E-state index in [9.17, 15) is 4.79 Å². The summed E-state index contributed by atoms with van der Waals surface area (Å²) in [6.07, 6.45) is 0. The van der Waals surface area contributed by atoms with Crippen LogP contribution in [-0.4, -0.2) is 23.0 Å². The van der Waals surface area contributed by atoms with Crippen LogP contribution >= 0.6 is 22.7 Å². The molecule has 0 aliphatic carbocycles. The number of benzene rings is 2. The first kappa shape index (κ1) is 21.1. The maximum Gasteiger partial charge on any atom is 0.269 e. The highest BCUT2D eigenvalue weighted by Crippen LogP contribution is 2.42. The van der Waals surface area contributed by atoms with Crippen LogP contribution in [0.5, 0.6) is 5.75 Å². The lowest BCUT2D eigenvalue weighted by Gasteiger charge is -2.09. The zero-order valence-electron chi connectivity index (χ0n) is 18.0. The molecule has 0 unspecified atom stereocenters. The highest BCUT2D eigenvalue weighted by Gasteiger charge is 2.22. The molecule has 0 radical (unpaired) electrons. The Morgan fingerprint density at radius 2 is 1.79 bits per heavy atom. The summed E-state index contributed by atoms with van der Waals surface area (Å²) < 4.78 is 5.31. The second kappa shape index (κ2) is 8.65. The Labute approximate surface area is 198 Å². The second-order valence-corrected chi connectivity index (χ2v) is 9.28. The third-order valence-electron chi connectivity index (χ3n) is 5.22. The first-order chi connectivity index (χ1) is 16.0. The van der Waals surface area contributed by atoms with Crippen molar-refractivity contribution < 1.29 is 9.53 Å². The second-order valence-electron chi connectivity index (χ2n) is 7.42. The number of hydrogen-bond donors (Lipinski definition) is 2. The third-order valence-corrected chi connectivity index (χ3v) is 7.19. The number of hydrogen-bond acceptors (Lipinski definition) is 7. The number of fused-ring (bicyclic) bond motifs is 1. The first-order valence-corrected chi connectivity index (χ1v) is 11.9. The fourth-order valence-electron chi connectivity index (χ4n) is 3.61. The molecule has 8 heteroatoms. The van der Waals surface area contributed by atoms with E-state index in [1.54, 1.807) is 7.11 Å². The minimum atomic E-state index is -0.285. The molecule has 0 saturated heterocycles. The van der Waals surface area contributed by atoms with Crippen LogP contribution in [0, 0.1) is 6.92 Å². The van der Waals surface area contributed by atoms with Crippen LogP contribution in [0.1, 0.15) is 15.4 Å². The number of amides is 1. The van der Waals surface area contributed by atoms with E-state index >= 15 is 0 Å². The molecule has 0 spiro atoms. The Bertz CT molecular complexity index is 1460. The van der Waals surface area contributed by atoms with Crippen LogP contribution in [0.25, 0.3) is 32.6 Å². The van der Waals surface area contributed by atoms with Gasteiger partial charge in [0.25, 0.3) is 5.91 Å². The summed E-state index contributed by atoms with van der Waals surface area (Å²) in [4.78, 5) is 23.4. The highest BCUT2D eigenvalue weighted by molar-refractivity contribution is 7.21. The van der Waals surface area contributed by atoms with E-state index in [2.05, 4.69) is 10.3 Å². The molecular weight excluding hydrogens is 452 g/mol. The minimum absolute atomic E-state index is 0.285. The number of nitrogens with one attached hydrogen (secondary N) is 1. The van der Waals surface area contributed by atoms with Crippen LogP contribution in [0.4, 0.5) is 10.8 Å². The fraction of sp³-hybridized carbons (Fsp3) is 0.0800. The van der Waals surface area contributed by atoms with Gasteiger partial charge in [-0.3, -0.25) is 10.1 Å². The third kappa shape index (κ3) is 4.06. The number of thiazole rings is 1. The number of ether oxygens (including phenoxy) is 1. The van der Waals surface area contributed by atoms with Crippen LogP contribution in [0.3, 0.4) is 0 Å². The molecule has 1 amide bonds. The lowest BCUT2D eigenvalue weighted by Crippen LogP contribution is -2.11. The van der Waals surface area contributed by atoms with Crippen molar-refractivity contribution in [2.45, 2.75) is 6.92 Å². The number of carbonyl (C=O) groups excluding carboxylic acids is 1. The maximum absolute atomic E-state index is 13.0. The van der Waals surface area contributed by atoms with Gasteiger partial charge in [-0.05, 0) is 36.2 Å². The first-order valence-electron chi connectivity index (χ1n) is 10.2. The molecular formula is C25H20N4O2S2. The van der Waals surface area contributed by atoms with Crippen molar-refractivity contribution in [2.75, 3.05) is 18.2 Å². The van der Waals surface area contributed by atoms with Crippen molar-refractivity contribution in [3.63, 3.8) is 0 Å². The standard InChI is InChI=1S/C25H20N4O2S2/c1-14-13-32-25(27-14)29-23(30)22-21(26)20-18(15-8-10-17(31-2)11-9-15)12-19(28-24(20)33-22)16-6-4-3-5-7-16/h3-13H,26H2,1-2H3,(H,27,29,30). The predicted octanol–water partition coefficient (Wildman–Crippen LogP) is 6.24. The SMILES string of the molecule is COc1ccc(-c2cc(-c3ccccc3)nc3sc(C(=O)Nc4nc(C)cs4)c(N)c23)cc1. The van der Waals surface area contributed by atoms with Gasteiger partial charge in [0.2, 0.25) is 0 Å². The predicted molar refractivity (Wildman–Crippen MR) is 136 cm³/mol. The van der Waals surface area contributed by atoms with Crippen LogP contribution in [-0.2, 0) is 0 Å². The summed E-state index contributed by atoms with van der Waals surface area (Å²) in [7, 11) is 1.64. The lowest BCUT2D eigenvalue weighted by atomic mass is 9.99. The van der Waals surface area contributed by atoms with Crippen LogP contribution in [0.15, 0.2) is 66.0 Å². The number of pyridine rings is 1. The van der Waals surface area contributed by atoms with E-state index in [4.69, 9.17) is 15.5 Å². The van der Waals surface area contributed by atoms with Gasteiger partial charge < -0.3 is 10.5 Å². The molecule has 2 aromatic carbocycles. The molecule has 5 aromatic rings. The van der Waals surface area contributed by atoms with E-state index in [-0.39, 0.29) is 5.91 Å². The topological polar surface area (TPSA) is 90.1 Å². The number of nitrogens with two attached hydrogens (primary N) is 1. The monoisotopic (exact) mass is 472 g/mol. The van der Waals surface area contributed by atoms with Crippen molar-refractivity contribution in [1.29, 1.82) is 0 Å². The Hall–Kier alpha value is -3.75. The van der Waals surface area contributed by atoms with Gasteiger partial charge in [0, 0.05) is 16.3 Å². The number of nitrogen functional groups attached to an aromatic ring is 1. The van der Waals surface area contributed by atoms with Crippen molar-refractivity contribution in [2.24, 2.45) is 0 Å². The summed E-state index contributed by atoms with van der Waals surface area (Å²) in [6, 6.07) is 19.8. The summed E-state index contributed by atoms with van der Waals surface area (Å²) >= 11 is 2.67. The molecule has 164 valence electrons. The van der Waals surface area contributed by atoms with Crippen LogP contribution in [0.2, 0.25) is 0 Å². The summed E-state index contributed by atoms with van der Waals surface area (Å²) in [5.41, 5.74) is 11.5. The molecule has 0 bridgehead atoms. The van der Waals surface area contributed by atoms with E-state index in [0.29, 0.717) is 20.5 Å². The van der Waals surface area contributed by atoms with Gasteiger partial charge in [-0.25, -0.2) is 9.97 Å². The van der Waals surface area contributed by atoms with Gasteiger partial charge in [-0.1, -0.05) is 42.5 Å². The van der Waals surface area contributed by atoms with Gasteiger partial charge in [0.15, 0.2) is 5.13 Å². The maximum atomic E-state index is 13.0. The number of carbonyl (C=O) groups is 1. The number of nitrogens with zero attached hydrogens (tertiary/aromatic N) is 2. The van der Waals surface area contributed by atoms with E-state index in [1.807, 2.05) is 73.0 Å². The van der Waals surface area contributed by atoms with E-state index < -0.39 is 0 Å². The minimum Gasteiger partial charge on any atom is -0.497 e. The zero-order chi connectivity index (χ0) is 22.9. The molecule has 6 nitrogen and oxygen atoms in total. The van der Waals surface area contributed by atoms with Crippen molar-refractivity contribution in [1.82, 2.24) is 9.97 Å². The van der Waals surface area contributed by atoms with Gasteiger partial charge in [-0.2, -0.15) is 0 Å². The van der Waals surface area contributed by atoms with Crippen molar-refractivity contribution in [3.05, 3.63) is 76.6 Å². The highest BCUT2D eigenvalue weighted by atomic mass is 32.1. The Kier molecular flexibility index (Phi) is 5.53. The summed E-state index contributed by atoms with van der Waals surface area (Å²) in [6.45, 7) is 1.89. The normalized spacial score (nSPS) is 11.0. The molecule has 33 heavy (non-hydrogen) atoms. The van der Waals surface area contributed by atoms with Gasteiger partial charge in [0.1, 0.15) is 15.5 Å².